The van der Waals surface area contributed by atoms with E-state index in [1.165, 1.54) is 37.0 Å². The second kappa shape index (κ2) is 8.02. The van der Waals surface area contributed by atoms with Gasteiger partial charge in [0, 0.05) is 10.1 Å². The maximum atomic E-state index is 12.1. The molecule has 1 aliphatic carbocycles. The summed E-state index contributed by atoms with van der Waals surface area (Å²) in [7, 11) is 0. The van der Waals surface area contributed by atoms with Crippen LogP contribution in [-0.2, 0) is 9.53 Å². The molecule has 0 aromatic carbocycles. The molecule has 0 bridgehead atoms. The lowest BCUT2D eigenvalue weighted by molar-refractivity contribution is -0.113. The van der Waals surface area contributed by atoms with Gasteiger partial charge in [-0.05, 0) is 39.2 Å². The number of ether oxygens (including phenoxy) is 1. The number of carbonyl (C=O) groups is 2. The first-order valence-electron chi connectivity index (χ1n) is 7.71. The Morgan fingerprint density at radius 2 is 2.00 bits per heavy atom. The van der Waals surface area contributed by atoms with E-state index in [-0.39, 0.29) is 11.9 Å². The molecule has 1 saturated carbocycles. The number of thiophene rings is 1. The predicted octanol–water partition coefficient (Wildman–Crippen LogP) is 4.16. The average molecular weight is 341 g/mol. The van der Waals surface area contributed by atoms with Gasteiger partial charge in [0.05, 0.1) is 17.9 Å². The highest BCUT2D eigenvalue weighted by Gasteiger charge is 2.23. The van der Waals surface area contributed by atoms with Crippen LogP contribution in [0.25, 0.3) is 0 Å². The molecule has 1 fully saturated rings. The molecular weight excluding hydrogens is 318 g/mol. The quantitative estimate of drug-likeness (QED) is 0.790. The number of hydrogen-bond donors (Lipinski definition) is 1. The summed E-state index contributed by atoms with van der Waals surface area (Å²) in [6, 6.07) is 0. The molecule has 0 spiro atoms. The largest absolute Gasteiger partial charge is 0.462 e. The predicted molar refractivity (Wildman–Crippen MR) is 93.1 cm³/mol. The van der Waals surface area contributed by atoms with Crippen molar-refractivity contribution < 1.29 is 14.3 Å². The van der Waals surface area contributed by atoms with Gasteiger partial charge in [0.2, 0.25) is 5.91 Å². The Morgan fingerprint density at radius 1 is 1.32 bits per heavy atom. The van der Waals surface area contributed by atoms with E-state index in [1.54, 1.807) is 18.7 Å². The average Bonchev–Trinajstić information content (AvgIpc) is 3.06. The lowest BCUT2D eigenvalue weighted by Crippen LogP contribution is -2.17. The molecule has 22 heavy (non-hydrogen) atoms. The van der Waals surface area contributed by atoms with Crippen molar-refractivity contribution in [3.63, 3.8) is 0 Å². The number of carbonyl (C=O) groups excluding carboxylic acids is 2. The molecule has 1 heterocycles. The van der Waals surface area contributed by atoms with Crippen LogP contribution < -0.4 is 5.32 Å². The van der Waals surface area contributed by atoms with Crippen molar-refractivity contribution in [1.29, 1.82) is 0 Å². The normalized spacial score (nSPS) is 15.0. The van der Waals surface area contributed by atoms with E-state index in [0.717, 1.165) is 10.4 Å². The van der Waals surface area contributed by atoms with Gasteiger partial charge in [0.25, 0.3) is 0 Å². The molecule has 1 aromatic rings. The van der Waals surface area contributed by atoms with E-state index in [0.29, 0.717) is 28.2 Å². The Kier molecular flexibility index (Phi) is 6.32. The highest BCUT2D eigenvalue weighted by molar-refractivity contribution is 8.00. The molecule has 6 heteroatoms. The Morgan fingerprint density at radius 3 is 2.64 bits per heavy atom. The summed E-state index contributed by atoms with van der Waals surface area (Å²) in [6.45, 7) is 5.95. The summed E-state index contributed by atoms with van der Waals surface area (Å²) in [6.07, 6.45) is 4.97. The smallest absolute Gasteiger partial charge is 0.341 e. The molecule has 0 radical (unpaired) electrons. The zero-order valence-electron chi connectivity index (χ0n) is 13.4. The molecule has 0 unspecified atom stereocenters. The minimum Gasteiger partial charge on any atom is -0.462 e. The second-order valence-electron chi connectivity index (χ2n) is 5.47. The maximum Gasteiger partial charge on any atom is 0.341 e. The Labute approximate surface area is 140 Å². The van der Waals surface area contributed by atoms with E-state index in [9.17, 15) is 9.59 Å². The van der Waals surface area contributed by atoms with E-state index in [1.807, 2.05) is 13.8 Å². The molecule has 0 aliphatic heterocycles. The number of thioether (sulfide) groups is 1. The van der Waals surface area contributed by atoms with E-state index in [2.05, 4.69) is 5.32 Å². The molecule has 122 valence electrons. The molecule has 1 aliphatic rings. The third kappa shape index (κ3) is 4.26. The van der Waals surface area contributed by atoms with Crippen LogP contribution in [0.2, 0.25) is 0 Å². The van der Waals surface area contributed by atoms with Crippen molar-refractivity contribution in [2.24, 2.45) is 0 Å². The van der Waals surface area contributed by atoms with Crippen LogP contribution >= 0.6 is 23.1 Å². The summed E-state index contributed by atoms with van der Waals surface area (Å²) < 4.78 is 5.10. The summed E-state index contributed by atoms with van der Waals surface area (Å²) in [5.74, 6) is 0.0509. The Hall–Kier alpha value is -1.01. The van der Waals surface area contributed by atoms with Gasteiger partial charge in [-0.3, -0.25) is 4.79 Å². The summed E-state index contributed by atoms with van der Waals surface area (Å²) in [5.41, 5.74) is 1.39. The van der Waals surface area contributed by atoms with Gasteiger partial charge in [-0.15, -0.1) is 23.1 Å². The number of rotatable bonds is 6. The van der Waals surface area contributed by atoms with E-state index >= 15 is 0 Å². The van der Waals surface area contributed by atoms with Crippen LogP contribution in [0, 0.1) is 13.8 Å². The number of amides is 1. The first-order chi connectivity index (χ1) is 10.5. The fourth-order valence-corrected chi connectivity index (χ4v) is 4.77. The SMILES string of the molecule is CCOC(=O)c1c(NC(=O)CSC2CCCC2)sc(C)c1C. The lowest BCUT2D eigenvalue weighted by Gasteiger charge is -2.09. The number of aryl methyl sites for hydroxylation is 1. The van der Waals surface area contributed by atoms with Crippen molar-refractivity contribution in [2.45, 2.75) is 51.7 Å². The highest BCUT2D eigenvalue weighted by atomic mass is 32.2. The monoisotopic (exact) mass is 341 g/mol. The third-order valence-corrected chi connectivity index (χ3v) is 6.36. The van der Waals surface area contributed by atoms with Gasteiger partial charge in [0.1, 0.15) is 5.00 Å². The molecule has 1 amide bonds. The number of nitrogens with one attached hydrogen (secondary N) is 1. The van der Waals surface area contributed by atoms with Gasteiger partial charge < -0.3 is 10.1 Å². The van der Waals surface area contributed by atoms with Gasteiger partial charge in [0.15, 0.2) is 0 Å². The molecule has 1 N–H and O–H groups in total. The molecule has 0 atom stereocenters. The lowest BCUT2D eigenvalue weighted by atomic mass is 10.1. The molecule has 2 rings (SSSR count). The molecular formula is C16H23NO3S2. The maximum absolute atomic E-state index is 12.1. The summed E-state index contributed by atoms with van der Waals surface area (Å²) in [5, 5.41) is 4.12. The zero-order chi connectivity index (χ0) is 16.1. The van der Waals surface area contributed by atoms with Crippen LogP contribution in [0.3, 0.4) is 0 Å². The van der Waals surface area contributed by atoms with Gasteiger partial charge in [-0.1, -0.05) is 12.8 Å². The second-order valence-corrected chi connectivity index (χ2v) is 7.99. The van der Waals surface area contributed by atoms with Crippen molar-refractivity contribution in [2.75, 3.05) is 17.7 Å². The standard InChI is InChI=1S/C16H23NO3S2/c1-4-20-16(19)14-10(2)11(3)22-15(14)17-13(18)9-21-12-7-5-6-8-12/h12H,4-9H2,1-3H3,(H,17,18). The van der Waals surface area contributed by atoms with Gasteiger partial charge in [-0.25, -0.2) is 4.79 Å². The van der Waals surface area contributed by atoms with Crippen molar-refractivity contribution in [1.82, 2.24) is 0 Å². The number of hydrogen-bond acceptors (Lipinski definition) is 5. The Bertz CT molecular complexity index is 548. The summed E-state index contributed by atoms with van der Waals surface area (Å²) in [4.78, 5) is 25.3. The molecule has 1 aromatic heterocycles. The van der Waals surface area contributed by atoms with Crippen molar-refractivity contribution in [3.8, 4) is 0 Å². The van der Waals surface area contributed by atoms with Crippen LogP contribution in [0.15, 0.2) is 0 Å². The van der Waals surface area contributed by atoms with Crippen molar-refractivity contribution in [3.05, 3.63) is 16.0 Å². The van der Waals surface area contributed by atoms with Crippen LogP contribution in [0.5, 0.6) is 0 Å². The molecule has 4 nitrogen and oxygen atoms in total. The molecule has 0 saturated heterocycles. The number of esters is 1. The van der Waals surface area contributed by atoms with Crippen LogP contribution in [-0.4, -0.2) is 29.5 Å². The first-order valence-corrected chi connectivity index (χ1v) is 9.58. The highest BCUT2D eigenvalue weighted by Crippen LogP contribution is 2.34. The first kappa shape index (κ1) is 17.3. The fourth-order valence-electron chi connectivity index (χ4n) is 2.58. The minimum absolute atomic E-state index is 0.0382. The Balaban J connectivity index is 2.00. The number of anilines is 1. The topological polar surface area (TPSA) is 55.4 Å². The van der Waals surface area contributed by atoms with Crippen molar-refractivity contribution >= 4 is 40.0 Å². The summed E-state index contributed by atoms with van der Waals surface area (Å²) >= 11 is 3.16. The van der Waals surface area contributed by atoms with Crippen LogP contribution in [0.4, 0.5) is 5.00 Å². The fraction of sp³-hybridized carbons (Fsp3) is 0.625. The minimum atomic E-state index is -0.358. The van der Waals surface area contributed by atoms with Gasteiger partial charge in [-0.2, -0.15) is 0 Å². The zero-order valence-corrected chi connectivity index (χ0v) is 15.0. The van der Waals surface area contributed by atoms with Crippen LogP contribution in [0.1, 0.15) is 53.4 Å². The van der Waals surface area contributed by atoms with Gasteiger partial charge >= 0.3 is 5.97 Å². The van der Waals surface area contributed by atoms with E-state index in [4.69, 9.17) is 4.74 Å². The van der Waals surface area contributed by atoms with E-state index < -0.39 is 0 Å². The third-order valence-electron chi connectivity index (χ3n) is 3.87.